The van der Waals surface area contributed by atoms with Gasteiger partial charge in [-0.15, -0.1) is 12.4 Å². The monoisotopic (exact) mass is 357 g/mol. The van der Waals surface area contributed by atoms with Crippen LogP contribution in [0.2, 0.25) is 0 Å². The summed E-state index contributed by atoms with van der Waals surface area (Å²) in [5.74, 6) is 1.38. The first-order valence-electron chi connectivity index (χ1n) is 9.05. The fraction of sp³-hybridized carbons (Fsp3) is 0.381. The lowest BCUT2D eigenvalue weighted by molar-refractivity contribution is 0.626. The van der Waals surface area contributed by atoms with Crippen LogP contribution in [-0.4, -0.2) is 25.6 Å². The molecule has 25 heavy (non-hydrogen) atoms. The summed E-state index contributed by atoms with van der Waals surface area (Å²) in [5.41, 5.74) is 2.75. The molecular weight excluding hydrogens is 330 g/mol. The second-order valence-corrected chi connectivity index (χ2v) is 6.31. The molecule has 1 aliphatic heterocycles. The van der Waals surface area contributed by atoms with Gasteiger partial charge in [0.2, 0.25) is 0 Å². The molecule has 2 aromatic rings. The summed E-state index contributed by atoms with van der Waals surface area (Å²) in [4.78, 5) is 4.62. The number of halogens is 1. The van der Waals surface area contributed by atoms with E-state index in [1.165, 1.54) is 30.4 Å². The van der Waals surface area contributed by atoms with Gasteiger partial charge in [-0.2, -0.15) is 0 Å². The molecule has 0 fully saturated rings. The number of nitrogens with one attached hydrogen (secondary N) is 2. The zero-order valence-corrected chi connectivity index (χ0v) is 15.5. The van der Waals surface area contributed by atoms with E-state index in [1.807, 2.05) is 0 Å². The molecule has 4 heteroatoms. The molecule has 1 aliphatic rings. The minimum absolute atomic E-state index is 0. The molecule has 0 aliphatic carbocycles. The van der Waals surface area contributed by atoms with E-state index < -0.39 is 0 Å². The van der Waals surface area contributed by atoms with Crippen LogP contribution in [0, 0.1) is 0 Å². The van der Waals surface area contributed by atoms with Crippen LogP contribution >= 0.6 is 12.4 Å². The van der Waals surface area contributed by atoms with E-state index >= 15 is 0 Å². The van der Waals surface area contributed by atoms with Crippen molar-refractivity contribution in [2.24, 2.45) is 4.99 Å². The summed E-state index contributed by atoms with van der Waals surface area (Å²) in [6.45, 7) is 2.86. The first-order chi connectivity index (χ1) is 11.9. The van der Waals surface area contributed by atoms with Crippen molar-refractivity contribution in [2.45, 2.75) is 31.6 Å². The quantitative estimate of drug-likeness (QED) is 0.834. The average Bonchev–Trinajstić information content (AvgIpc) is 2.62. The van der Waals surface area contributed by atoms with Crippen molar-refractivity contribution in [2.75, 3.05) is 19.6 Å². The summed E-state index contributed by atoms with van der Waals surface area (Å²) < 4.78 is 0. The molecule has 0 atom stereocenters. The van der Waals surface area contributed by atoms with Gasteiger partial charge >= 0.3 is 0 Å². The van der Waals surface area contributed by atoms with Gasteiger partial charge in [0.15, 0.2) is 5.96 Å². The fourth-order valence-corrected chi connectivity index (χ4v) is 3.22. The Hall–Kier alpha value is -2.00. The Morgan fingerprint density at radius 3 is 2.16 bits per heavy atom. The van der Waals surface area contributed by atoms with Crippen molar-refractivity contribution in [3.8, 4) is 0 Å². The van der Waals surface area contributed by atoms with E-state index in [2.05, 4.69) is 76.3 Å². The van der Waals surface area contributed by atoms with Crippen molar-refractivity contribution in [1.82, 2.24) is 10.6 Å². The summed E-state index contributed by atoms with van der Waals surface area (Å²) >= 11 is 0. The van der Waals surface area contributed by atoms with Crippen LogP contribution in [0.25, 0.3) is 0 Å². The second-order valence-electron chi connectivity index (χ2n) is 6.31. The Kier molecular flexibility index (Phi) is 8.33. The number of guanidine groups is 1. The number of aliphatic imine (C=N–C) groups is 1. The van der Waals surface area contributed by atoms with E-state index in [0.717, 1.165) is 32.0 Å². The topological polar surface area (TPSA) is 36.4 Å². The molecule has 0 saturated heterocycles. The predicted octanol–water partition coefficient (Wildman–Crippen LogP) is 4.35. The van der Waals surface area contributed by atoms with Crippen molar-refractivity contribution < 1.29 is 0 Å². The Labute approximate surface area is 157 Å². The molecule has 0 aromatic heterocycles. The zero-order valence-electron chi connectivity index (χ0n) is 14.7. The van der Waals surface area contributed by atoms with E-state index in [0.29, 0.717) is 5.92 Å². The Bertz CT molecular complexity index is 589. The van der Waals surface area contributed by atoms with Crippen molar-refractivity contribution in [1.29, 1.82) is 0 Å². The molecular formula is C21H28ClN3. The molecule has 0 bridgehead atoms. The van der Waals surface area contributed by atoms with Crippen LogP contribution in [0.3, 0.4) is 0 Å². The molecule has 0 unspecified atom stereocenters. The maximum Gasteiger partial charge on any atom is 0.191 e. The molecule has 2 N–H and O–H groups in total. The van der Waals surface area contributed by atoms with Gasteiger partial charge in [-0.3, -0.25) is 4.99 Å². The molecule has 0 amide bonds. The van der Waals surface area contributed by atoms with Gasteiger partial charge in [0.25, 0.3) is 0 Å². The first kappa shape index (κ1) is 19.3. The third-order valence-electron chi connectivity index (χ3n) is 4.53. The van der Waals surface area contributed by atoms with E-state index in [4.69, 9.17) is 0 Å². The van der Waals surface area contributed by atoms with Crippen molar-refractivity contribution in [3.05, 3.63) is 71.8 Å². The highest BCUT2D eigenvalue weighted by Gasteiger charge is 2.13. The molecule has 0 radical (unpaired) electrons. The van der Waals surface area contributed by atoms with Gasteiger partial charge in [-0.1, -0.05) is 60.7 Å². The van der Waals surface area contributed by atoms with Gasteiger partial charge < -0.3 is 10.6 Å². The van der Waals surface area contributed by atoms with E-state index in [1.54, 1.807) is 0 Å². The van der Waals surface area contributed by atoms with Crippen molar-refractivity contribution in [3.63, 3.8) is 0 Å². The van der Waals surface area contributed by atoms with Crippen LogP contribution in [0.1, 0.15) is 42.7 Å². The van der Waals surface area contributed by atoms with Gasteiger partial charge in [0.05, 0.1) is 0 Å². The fourth-order valence-electron chi connectivity index (χ4n) is 3.22. The first-order valence-corrected chi connectivity index (χ1v) is 9.05. The van der Waals surface area contributed by atoms with Gasteiger partial charge in [0.1, 0.15) is 0 Å². The predicted molar refractivity (Wildman–Crippen MR) is 109 cm³/mol. The van der Waals surface area contributed by atoms with Crippen LogP contribution in [0.4, 0.5) is 0 Å². The molecule has 1 heterocycles. The molecule has 3 rings (SSSR count). The summed E-state index contributed by atoms with van der Waals surface area (Å²) in [6, 6.07) is 21.6. The lowest BCUT2D eigenvalue weighted by Gasteiger charge is -2.20. The highest BCUT2D eigenvalue weighted by atomic mass is 35.5. The third-order valence-corrected chi connectivity index (χ3v) is 4.53. The zero-order chi connectivity index (χ0) is 16.5. The number of hydrogen-bond acceptors (Lipinski definition) is 3. The van der Waals surface area contributed by atoms with Crippen LogP contribution < -0.4 is 10.6 Å². The SMILES string of the molecule is Cl.c1ccc(C(CCN/C2=N/CCCCCN2)c2ccccc2)cc1. The highest BCUT2D eigenvalue weighted by Crippen LogP contribution is 2.27. The average molecular weight is 358 g/mol. The van der Waals surface area contributed by atoms with Crippen LogP contribution in [0.15, 0.2) is 65.7 Å². The minimum Gasteiger partial charge on any atom is -0.356 e. The van der Waals surface area contributed by atoms with E-state index in [-0.39, 0.29) is 12.4 Å². The molecule has 2 aromatic carbocycles. The van der Waals surface area contributed by atoms with Crippen LogP contribution in [-0.2, 0) is 0 Å². The Morgan fingerprint density at radius 2 is 1.52 bits per heavy atom. The maximum absolute atomic E-state index is 4.62. The second kappa shape index (κ2) is 10.8. The van der Waals surface area contributed by atoms with Crippen molar-refractivity contribution >= 4 is 18.4 Å². The Balaban J connectivity index is 0.00000225. The van der Waals surface area contributed by atoms with E-state index in [9.17, 15) is 0 Å². The smallest absolute Gasteiger partial charge is 0.191 e. The number of nitrogens with zero attached hydrogens (tertiary/aromatic N) is 1. The summed E-state index contributed by atoms with van der Waals surface area (Å²) in [6.07, 6.45) is 4.75. The molecule has 0 saturated carbocycles. The molecule has 0 spiro atoms. The summed E-state index contributed by atoms with van der Waals surface area (Å²) in [5, 5.41) is 6.91. The lowest BCUT2D eigenvalue weighted by Crippen LogP contribution is -2.39. The number of rotatable bonds is 5. The number of benzene rings is 2. The van der Waals surface area contributed by atoms with Gasteiger partial charge in [-0.05, 0) is 36.8 Å². The standard InChI is InChI=1S/C21H27N3.ClH/c1-4-10-18(11-5-1)20(19-12-6-2-7-13-19)14-17-24-21-22-15-8-3-9-16-23-21;/h1-2,4-7,10-13,20H,3,8-9,14-17H2,(H2,22,23,24);1H. The Morgan fingerprint density at radius 1 is 0.880 bits per heavy atom. The minimum atomic E-state index is 0. The normalized spacial score (nSPS) is 16.6. The van der Waals surface area contributed by atoms with Gasteiger partial charge in [-0.25, -0.2) is 0 Å². The highest BCUT2D eigenvalue weighted by molar-refractivity contribution is 5.85. The third kappa shape index (κ3) is 6.09. The van der Waals surface area contributed by atoms with Crippen LogP contribution in [0.5, 0.6) is 0 Å². The lowest BCUT2D eigenvalue weighted by atomic mass is 9.88. The summed E-state index contributed by atoms with van der Waals surface area (Å²) in [7, 11) is 0. The number of hydrogen-bond donors (Lipinski definition) is 2. The molecule has 134 valence electrons. The largest absolute Gasteiger partial charge is 0.356 e. The van der Waals surface area contributed by atoms with Gasteiger partial charge in [0, 0.05) is 25.6 Å². The molecule has 3 nitrogen and oxygen atoms in total. The maximum atomic E-state index is 4.62.